The van der Waals surface area contributed by atoms with Gasteiger partial charge in [0.1, 0.15) is 0 Å². The van der Waals surface area contributed by atoms with Crippen LogP contribution in [0, 0.1) is 34.5 Å². The van der Waals surface area contributed by atoms with Gasteiger partial charge in [-0.2, -0.15) is 0 Å². The predicted octanol–water partition coefficient (Wildman–Crippen LogP) is 4.85. The molecular formula is C23H39NO. The van der Waals surface area contributed by atoms with Crippen molar-refractivity contribution in [2.75, 3.05) is 13.1 Å². The smallest absolute Gasteiger partial charge is 0.0543 e. The lowest BCUT2D eigenvalue weighted by Crippen LogP contribution is -2.56. The number of rotatable bonds is 1. The van der Waals surface area contributed by atoms with Gasteiger partial charge in [0.05, 0.1) is 6.10 Å². The largest absolute Gasteiger partial charge is 0.393 e. The van der Waals surface area contributed by atoms with E-state index in [9.17, 15) is 5.11 Å². The van der Waals surface area contributed by atoms with Crippen molar-refractivity contribution in [3.63, 3.8) is 0 Å². The minimum atomic E-state index is -0.00508. The maximum Gasteiger partial charge on any atom is 0.0543 e. The lowest BCUT2D eigenvalue weighted by molar-refractivity contribution is -0.128. The van der Waals surface area contributed by atoms with Gasteiger partial charge in [-0.1, -0.05) is 13.8 Å². The minimum absolute atomic E-state index is 0.00508. The van der Waals surface area contributed by atoms with Crippen LogP contribution in [-0.2, 0) is 0 Å². The molecule has 5 rings (SSSR count). The summed E-state index contributed by atoms with van der Waals surface area (Å²) < 4.78 is 0. The van der Waals surface area contributed by atoms with Gasteiger partial charge in [-0.05, 0) is 118 Å². The number of likely N-dealkylation sites (tertiary alicyclic amines) is 1. The zero-order chi connectivity index (χ0) is 17.2. The molecule has 1 aliphatic heterocycles. The average Bonchev–Trinajstić information content (AvgIpc) is 3.22. The molecule has 25 heavy (non-hydrogen) atoms. The summed E-state index contributed by atoms with van der Waals surface area (Å²) in [5, 5.41) is 10.2. The summed E-state index contributed by atoms with van der Waals surface area (Å²) >= 11 is 0. The SMILES string of the molecule is C[C@]12CC[C@H]3[C@@H](CCC4C[C@H](O)CC[C@@]43C)[C@@H]1CC[C@@H]2N1CCCC1. The van der Waals surface area contributed by atoms with Crippen molar-refractivity contribution in [3.05, 3.63) is 0 Å². The fourth-order valence-corrected chi connectivity index (χ4v) is 8.86. The molecule has 142 valence electrons. The highest BCUT2D eigenvalue weighted by Crippen LogP contribution is 2.66. The lowest BCUT2D eigenvalue weighted by atomic mass is 9.45. The molecule has 1 heterocycles. The van der Waals surface area contributed by atoms with Crippen LogP contribution < -0.4 is 0 Å². The molecule has 4 saturated carbocycles. The molecule has 0 aromatic carbocycles. The van der Waals surface area contributed by atoms with Crippen molar-refractivity contribution in [1.82, 2.24) is 4.90 Å². The molecule has 2 heteroatoms. The van der Waals surface area contributed by atoms with Gasteiger partial charge in [-0.25, -0.2) is 0 Å². The van der Waals surface area contributed by atoms with Crippen LogP contribution in [0.1, 0.15) is 84.5 Å². The first kappa shape index (κ1) is 17.0. The maximum atomic E-state index is 10.2. The van der Waals surface area contributed by atoms with Crippen LogP contribution in [0.15, 0.2) is 0 Å². The van der Waals surface area contributed by atoms with Crippen LogP contribution in [0.3, 0.4) is 0 Å². The van der Waals surface area contributed by atoms with E-state index >= 15 is 0 Å². The molecule has 5 fully saturated rings. The van der Waals surface area contributed by atoms with Crippen LogP contribution in [0.5, 0.6) is 0 Å². The Bertz CT molecular complexity index is 514. The number of hydrogen-bond donors (Lipinski definition) is 1. The van der Waals surface area contributed by atoms with Crippen molar-refractivity contribution >= 4 is 0 Å². The average molecular weight is 346 g/mol. The Balaban J connectivity index is 1.40. The number of aliphatic hydroxyl groups is 1. The second-order valence-corrected chi connectivity index (χ2v) is 11.0. The van der Waals surface area contributed by atoms with E-state index in [0.717, 1.165) is 42.6 Å². The van der Waals surface area contributed by atoms with E-state index in [1.807, 2.05) is 0 Å². The van der Waals surface area contributed by atoms with Gasteiger partial charge in [0.2, 0.25) is 0 Å². The number of fused-ring (bicyclic) bond motifs is 5. The quantitative estimate of drug-likeness (QED) is 0.734. The van der Waals surface area contributed by atoms with E-state index in [0.29, 0.717) is 10.8 Å². The van der Waals surface area contributed by atoms with Crippen molar-refractivity contribution in [1.29, 1.82) is 0 Å². The first-order chi connectivity index (χ1) is 12.0. The summed E-state index contributed by atoms with van der Waals surface area (Å²) in [6.07, 6.45) is 15.1. The Morgan fingerprint density at radius 2 is 1.52 bits per heavy atom. The van der Waals surface area contributed by atoms with E-state index in [1.54, 1.807) is 0 Å². The van der Waals surface area contributed by atoms with Crippen molar-refractivity contribution in [2.24, 2.45) is 34.5 Å². The van der Waals surface area contributed by atoms with Crippen molar-refractivity contribution < 1.29 is 5.11 Å². The summed E-state index contributed by atoms with van der Waals surface area (Å²) in [5.41, 5.74) is 1.14. The van der Waals surface area contributed by atoms with Crippen molar-refractivity contribution in [2.45, 2.75) is 96.6 Å². The number of nitrogens with zero attached hydrogens (tertiary/aromatic N) is 1. The molecule has 4 aliphatic carbocycles. The summed E-state index contributed by atoms with van der Waals surface area (Å²) in [6.45, 7) is 8.05. The molecule has 8 atom stereocenters. The Hall–Kier alpha value is -0.0800. The maximum absolute atomic E-state index is 10.2. The van der Waals surface area contributed by atoms with Crippen LogP contribution in [0.2, 0.25) is 0 Å². The molecule has 2 nitrogen and oxygen atoms in total. The van der Waals surface area contributed by atoms with Gasteiger partial charge in [0.25, 0.3) is 0 Å². The molecule has 5 aliphatic rings. The number of hydrogen-bond acceptors (Lipinski definition) is 2. The second-order valence-electron chi connectivity index (χ2n) is 11.0. The first-order valence-corrected chi connectivity index (χ1v) is 11.4. The zero-order valence-corrected chi connectivity index (χ0v) is 16.6. The zero-order valence-electron chi connectivity index (χ0n) is 16.6. The van der Waals surface area contributed by atoms with Gasteiger partial charge in [-0.15, -0.1) is 0 Å². The van der Waals surface area contributed by atoms with Gasteiger partial charge >= 0.3 is 0 Å². The third-order valence-corrected chi connectivity index (χ3v) is 10.2. The van der Waals surface area contributed by atoms with E-state index < -0.39 is 0 Å². The van der Waals surface area contributed by atoms with E-state index in [-0.39, 0.29) is 6.10 Å². The lowest BCUT2D eigenvalue weighted by Gasteiger charge is -2.61. The summed E-state index contributed by atoms with van der Waals surface area (Å²) in [6, 6.07) is 0.889. The van der Waals surface area contributed by atoms with E-state index in [4.69, 9.17) is 0 Å². The van der Waals surface area contributed by atoms with Gasteiger partial charge < -0.3 is 5.11 Å². The summed E-state index contributed by atoms with van der Waals surface area (Å²) in [5.74, 6) is 3.73. The van der Waals surface area contributed by atoms with Crippen molar-refractivity contribution in [3.8, 4) is 0 Å². The predicted molar refractivity (Wildman–Crippen MR) is 102 cm³/mol. The Kier molecular flexibility index (Phi) is 4.06. The van der Waals surface area contributed by atoms with Gasteiger partial charge in [0, 0.05) is 6.04 Å². The fourth-order valence-electron chi connectivity index (χ4n) is 8.86. The highest BCUT2D eigenvalue weighted by Gasteiger charge is 2.60. The topological polar surface area (TPSA) is 23.5 Å². The number of aliphatic hydroxyl groups excluding tert-OH is 1. The molecule has 0 aromatic heterocycles. The molecular weight excluding hydrogens is 306 g/mol. The molecule has 0 aromatic rings. The molecule has 1 unspecified atom stereocenters. The highest BCUT2D eigenvalue weighted by molar-refractivity contribution is 5.11. The molecule has 0 spiro atoms. The third-order valence-electron chi connectivity index (χ3n) is 10.2. The van der Waals surface area contributed by atoms with Crippen LogP contribution in [0.4, 0.5) is 0 Å². The van der Waals surface area contributed by atoms with E-state index in [1.165, 1.54) is 70.9 Å². The van der Waals surface area contributed by atoms with E-state index in [2.05, 4.69) is 18.7 Å². The molecule has 1 saturated heterocycles. The molecule has 0 amide bonds. The molecule has 0 bridgehead atoms. The first-order valence-electron chi connectivity index (χ1n) is 11.4. The van der Waals surface area contributed by atoms with Gasteiger partial charge in [0.15, 0.2) is 0 Å². The van der Waals surface area contributed by atoms with Crippen LogP contribution in [-0.4, -0.2) is 35.2 Å². The minimum Gasteiger partial charge on any atom is -0.393 e. The highest BCUT2D eigenvalue weighted by atomic mass is 16.3. The Morgan fingerprint density at radius 3 is 2.32 bits per heavy atom. The third kappa shape index (κ3) is 2.42. The summed E-state index contributed by atoms with van der Waals surface area (Å²) in [7, 11) is 0. The van der Waals surface area contributed by atoms with Gasteiger partial charge in [-0.3, -0.25) is 4.90 Å². The van der Waals surface area contributed by atoms with Crippen LogP contribution in [0.25, 0.3) is 0 Å². The standard InChI is InChI=1S/C23H39NO/c1-22-11-9-17(25)15-16(22)5-6-18-19-7-8-21(24-13-3-4-14-24)23(19,2)12-10-20(18)22/h16-21,25H,3-15H2,1-2H3/t16?,17-,18+,19+,20+,21+,22+,23+/m1/s1. The summed E-state index contributed by atoms with van der Waals surface area (Å²) in [4.78, 5) is 2.88. The molecule has 0 radical (unpaired) electrons. The monoisotopic (exact) mass is 345 g/mol. The van der Waals surface area contributed by atoms with Crippen LogP contribution >= 0.6 is 0 Å². The molecule has 1 N–H and O–H groups in total. The fraction of sp³-hybridized carbons (Fsp3) is 1.00. The second kappa shape index (κ2) is 5.96. The Morgan fingerprint density at radius 1 is 0.800 bits per heavy atom. The normalized spacial score (nSPS) is 56.3. The Labute approximate surface area is 154 Å².